The minimum Gasteiger partial charge on any atom is -0.365 e. The van der Waals surface area contributed by atoms with Gasteiger partial charge in [0.05, 0.1) is 27.7 Å². The summed E-state index contributed by atoms with van der Waals surface area (Å²) in [5.74, 6) is -0.973. The molecule has 9 heteroatoms. The van der Waals surface area contributed by atoms with E-state index in [9.17, 15) is 14.0 Å². The molecule has 5 rings (SSSR count). The number of carbonyl (C=O) groups excluding carboxylic acids is 1. The third kappa shape index (κ3) is 4.60. The number of hydrogen-bond acceptors (Lipinski definition) is 5. The summed E-state index contributed by atoms with van der Waals surface area (Å²) in [6.45, 7) is 0.373. The lowest BCUT2D eigenvalue weighted by atomic mass is 10.1. The number of benzene rings is 2. The lowest BCUT2D eigenvalue weighted by Crippen LogP contribution is -2.21. The van der Waals surface area contributed by atoms with Gasteiger partial charge >= 0.3 is 0 Å². The molecule has 0 bridgehead atoms. The number of rotatable bonds is 6. The van der Waals surface area contributed by atoms with Gasteiger partial charge in [0.2, 0.25) is 0 Å². The SMILES string of the molecule is Cn1c(-c2ccccc2)ccc(-c2cc(NCc3ccc(Cl)s3)n(C(=O)c3ccccc3F)n2)c1=O. The van der Waals surface area contributed by atoms with Crippen LogP contribution in [0.2, 0.25) is 4.34 Å². The van der Waals surface area contributed by atoms with Crippen molar-refractivity contribution in [1.29, 1.82) is 0 Å². The van der Waals surface area contributed by atoms with Crippen LogP contribution in [-0.2, 0) is 13.6 Å². The first-order chi connectivity index (χ1) is 17.4. The van der Waals surface area contributed by atoms with Gasteiger partial charge in [0.15, 0.2) is 0 Å². The van der Waals surface area contributed by atoms with Crippen LogP contribution >= 0.6 is 22.9 Å². The third-order valence-corrected chi connectivity index (χ3v) is 6.96. The molecule has 5 aromatic rings. The number of nitrogens with one attached hydrogen (secondary N) is 1. The molecule has 0 atom stereocenters. The number of aromatic nitrogens is 3. The molecule has 3 aromatic heterocycles. The number of hydrogen-bond donors (Lipinski definition) is 1. The summed E-state index contributed by atoms with van der Waals surface area (Å²) >= 11 is 7.44. The van der Waals surface area contributed by atoms with Crippen LogP contribution in [0.15, 0.2) is 89.7 Å². The Morgan fingerprint density at radius 2 is 1.78 bits per heavy atom. The first kappa shape index (κ1) is 23.7. The Morgan fingerprint density at radius 3 is 2.50 bits per heavy atom. The van der Waals surface area contributed by atoms with E-state index in [1.165, 1.54) is 29.5 Å². The zero-order chi connectivity index (χ0) is 25.2. The van der Waals surface area contributed by atoms with Crippen molar-refractivity contribution in [2.45, 2.75) is 6.54 Å². The molecular formula is C27H20ClFN4O2S. The number of pyridine rings is 1. The first-order valence-corrected chi connectivity index (χ1v) is 12.2. The van der Waals surface area contributed by atoms with E-state index in [-0.39, 0.29) is 11.1 Å². The largest absolute Gasteiger partial charge is 0.365 e. The first-order valence-electron chi connectivity index (χ1n) is 11.1. The molecular weight excluding hydrogens is 499 g/mol. The van der Waals surface area contributed by atoms with Gasteiger partial charge in [-0.2, -0.15) is 9.78 Å². The molecule has 0 fully saturated rings. The molecule has 0 aliphatic rings. The Labute approximate surface area is 215 Å². The second-order valence-corrected chi connectivity index (χ2v) is 9.83. The molecule has 0 unspecified atom stereocenters. The van der Waals surface area contributed by atoms with E-state index >= 15 is 0 Å². The Morgan fingerprint density at radius 1 is 1.03 bits per heavy atom. The summed E-state index contributed by atoms with van der Waals surface area (Å²) in [4.78, 5) is 27.5. The van der Waals surface area contributed by atoms with Gasteiger partial charge in [-0.1, -0.05) is 54.1 Å². The van der Waals surface area contributed by atoms with Crippen LogP contribution in [-0.4, -0.2) is 20.3 Å². The van der Waals surface area contributed by atoms with Crippen LogP contribution in [0.4, 0.5) is 10.2 Å². The van der Waals surface area contributed by atoms with Crippen LogP contribution in [0.1, 0.15) is 15.2 Å². The van der Waals surface area contributed by atoms with Gasteiger partial charge in [-0.05, 0) is 42.0 Å². The van der Waals surface area contributed by atoms with Crippen LogP contribution in [0.5, 0.6) is 0 Å². The number of anilines is 1. The Bertz CT molecular complexity index is 1620. The predicted molar refractivity (Wildman–Crippen MR) is 141 cm³/mol. The molecule has 0 saturated carbocycles. The molecule has 0 amide bonds. The van der Waals surface area contributed by atoms with E-state index in [4.69, 9.17) is 11.6 Å². The second kappa shape index (κ2) is 9.93. The summed E-state index contributed by atoms with van der Waals surface area (Å²) < 4.78 is 17.7. The van der Waals surface area contributed by atoms with Crippen molar-refractivity contribution < 1.29 is 9.18 Å². The molecule has 6 nitrogen and oxygen atoms in total. The highest BCUT2D eigenvalue weighted by Gasteiger charge is 2.21. The van der Waals surface area contributed by atoms with Crippen molar-refractivity contribution >= 4 is 34.7 Å². The highest BCUT2D eigenvalue weighted by atomic mass is 35.5. The third-order valence-electron chi connectivity index (χ3n) is 5.73. The highest BCUT2D eigenvalue weighted by molar-refractivity contribution is 7.16. The van der Waals surface area contributed by atoms with Crippen LogP contribution < -0.4 is 10.9 Å². The average Bonchev–Trinajstić information content (AvgIpc) is 3.50. The average molecular weight is 519 g/mol. The standard InChI is InChI=1S/C27H20ClFN4O2S/c1-32-23(17-7-3-2-4-8-17)13-12-20(26(32)34)22-15-25(30-16-18-11-14-24(28)36-18)33(31-22)27(35)19-9-5-6-10-21(19)29/h2-15,30H,16H2,1H3. The molecule has 3 heterocycles. The van der Waals surface area contributed by atoms with Gasteiger partial charge in [0.1, 0.15) is 17.3 Å². The van der Waals surface area contributed by atoms with Crippen LogP contribution in [0.3, 0.4) is 0 Å². The number of thiophene rings is 1. The molecule has 1 N–H and O–H groups in total. The molecule has 0 radical (unpaired) electrons. The van der Waals surface area contributed by atoms with Crippen molar-refractivity contribution in [2.75, 3.05) is 5.32 Å². The van der Waals surface area contributed by atoms with E-state index in [0.29, 0.717) is 28.0 Å². The molecule has 2 aromatic carbocycles. The Kier molecular flexibility index (Phi) is 6.54. The number of nitrogens with zero attached hydrogens (tertiary/aromatic N) is 3. The van der Waals surface area contributed by atoms with Gasteiger partial charge in [0, 0.05) is 18.0 Å². The molecule has 0 aliphatic carbocycles. The maximum absolute atomic E-state index is 14.4. The van der Waals surface area contributed by atoms with E-state index in [1.807, 2.05) is 42.5 Å². The second-order valence-electron chi connectivity index (χ2n) is 8.03. The van der Waals surface area contributed by atoms with Gasteiger partial charge in [-0.3, -0.25) is 9.59 Å². The normalized spacial score (nSPS) is 11.0. The zero-order valence-corrected chi connectivity index (χ0v) is 20.7. The van der Waals surface area contributed by atoms with Gasteiger partial charge < -0.3 is 9.88 Å². The van der Waals surface area contributed by atoms with Crippen molar-refractivity contribution in [2.24, 2.45) is 7.05 Å². The fraction of sp³-hybridized carbons (Fsp3) is 0.0741. The molecule has 0 aliphatic heterocycles. The lowest BCUT2D eigenvalue weighted by Gasteiger charge is -2.09. The quantitative estimate of drug-likeness (QED) is 0.296. The summed E-state index contributed by atoms with van der Waals surface area (Å²) in [5.41, 5.74) is 1.88. The fourth-order valence-electron chi connectivity index (χ4n) is 3.90. The van der Waals surface area contributed by atoms with E-state index in [2.05, 4.69) is 10.4 Å². The summed E-state index contributed by atoms with van der Waals surface area (Å²) in [6, 6.07) is 24.1. The summed E-state index contributed by atoms with van der Waals surface area (Å²) in [6.07, 6.45) is 0. The fourth-order valence-corrected chi connectivity index (χ4v) is 4.92. The number of carbonyl (C=O) groups is 1. The van der Waals surface area contributed by atoms with Crippen LogP contribution in [0, 0.1) is 5.82 Å². The Balaban J connectivity index is 1.57. The molecule has 180 valence electrons. The smallest absolute Gasteiger partial charge is 0.283 e. The summed E-state index contributed by atoms with van der Waals surface area (Å²) in [7, 11) is 1.69. The van der Waals surface area contributed by atoms with Gasteiger partial charge in [-0.25, -0.2) is 4.39 Å². The number of halogens is 2. The van der Waals surface area contributed by atoms with Crippen molar-refractivity contribution in [3.63, 3.8) is 0 Å². The highest BCUT2D eigenvalue weighted by Crippen LogP contribution is 2.26. The topological polar surface area (TPSA) is 68.9 Å². The van der Waals surface area contributed by atoms with Crippen molar-refractivity contribution in [1.82, 2.24) is 14.3 Å². The monoisotopic (exact) mass is 518 g/mol. The minimum atomic E-state index is -0.654. The van der Waals surface area contributed by atoms with E-state index in [0.717, 1.165) is 20.8 Å². The lowest BCUT2D eigenvalue weighted by molar-refractivity contribution is 0.0944. The van der Waals surface area contributed by atoms with Crippen molar-refractivity contribution in [3.05, 3.63) is 116 Å². The van der Waals surface area contributed by atoms with E-state index < -0.39 is 11.7 Å². The van der Waals surface area contributed by atoms with Gasteiger partial charge in [-0.15, -0.1) is 11.3 Å². The van der Waals surface area contributed by atoms with E-state index in [1.54, 1.807) is 35.9 Å². The Hall–Kier alpha value is -4.01. The molecule has 0 saturated heterocycles. The molecule has 0 spiro atoms. The predicted octanol–water partition coefficient (Wildman–Crippen LogP) is 6.07. The zero-order valence-electron chi connectivity index (χ0n) is 19.1. The maximum Gasteiger partial charge on any atom is 0.283 e. The minimum absolute atomic E-state index is 0.123. The summed E-state index contributed by atoms with van der Waals surface area (Å²) in [5, 5.41) is 7.60. The van der Waals surface area contributed by atoms with Crippen molar-refractivity contribution in [3.8, 4) is 22.5 Å². The molecule has 36 heavy (non-hydrogen) atoms. The van der Waals surface area contributed by atoms with Crippen LogP contribution in [0.25, 0.3) is 22.5 Å². The maximum atomic E-state index is 14.4. The van der Waals surface area contributed by atoms with Gasteiger partial charge in [0.25, 0.3) is 11.5 Å².